The van der Waals surface area contributed by atoms with Crippen LogP contribution in [0.1, 0.15) is 44.7 Å². The molecule has 2 nitrogen and oxygen atoms in total. The van der Waals surface area contributed by atoms with E-state index in [0.717, 1.165) is 11.5 Å². The molecule has 0 amide bonds. The summed E-state index contributed by atoms with van der Waals surface area (Å²) in [6.45, 7) is 0. The molecule has 41 heavy (non-hydrogen) atoms. The molecule has 1 aliphatic heterocycles. The number of hydrogen-bond donors (Lipinski definition) is 0. The van der Waals surface area contributed by atoms with Crippen molar-refractivity contribution in [3.8, 4) is 33.8 Å². The third-order valence-corrected chi connectivity index (χ3v) is 27.3. The van der Waals surface area contributed by atoms with Crippen molar-refractivity contribution >= 4 is 21.7 Å². The molecular weight excluding hydrogens is 683 g/mol. The summed E-state index contributed by atoms with van der Waals surface area (Å²) in [5.41, 5.74) is 11.4. The van der Waals surface area contributed by atoms with Gasteiger partial charge in [0, 0.05) is 0 Å². The van der Waals surface area contributed by atoms with E-state index in [4.69, 9.17) is 9.47 Å². The summed E-state index contributed by atoms with van der Waals surface area (Å²) >= 11 is -2.59. The molecule has 0 radical (unpaired) electrons. The Morgan fingerprint density at radius 1 is 0.659 bits per heavy atom. The van der Waals surface area contributed by atoms with Crippen molar-refractivity contribution < 1.29 is 29.4 Å². The third kappa shape index (κ3) is 4.73. The van der Waals surface area contributed by atoms with Gasteiger partial charge >= 0.3 is 246 Å². The van der Waals surface area contributed by atoms with Crippen LogP contribution in [0, 0.1) is 0 Å². The van der Waals surface area contributed by atoms with Gasteiger partial charge < -0.3 is 0 Å². The van der Waals surface area contributed by atoms with Gasteiger partial charge in [-0.05, 0) is 0 Å². The first kappa shape index (κ1) is 26.9. The van der Waals surface area contributed by atoms with Crippen molar-refractivity contribution in [3.63, 3.8) is 0 Å². The van der Waals surface area contributed by atoms with E-state index in [1.807, 2.05) is 5.20 Å². The summed E-state index contributed by atoms with van der Waals surface area (Å²) in [5.74, 6) is 2.41. The van der Waals surface area contributed by atoms with Crippen molar-refractivity contribution in [2.24, 2.45) is 0 Å². The summed E-state index contributed by atoms with van der Waals surface area (Å²) < 4.78 is 18.5. The second-order valence-corrected chi connectivity index (χ2v) is 32.7. The van der Waals surface area contributed by atoms with E-state index in [1.165, 1.54) is 50.4 Å². The van der Waals surface area contributed by atoms with Gasteiger partial charge in [0.15, 0.2) is 0 Å². The van der Waals surface area contributed by atoms with E-state index < -0.39 is 29.5 Å². The fraction of sp³-hybridized carbons (Fsp3) is 0.243. The molecule has 4 aromatic rings. The van der Waals surface area contributed by atoms with E-state index in [1.54, 1.807) is 30.5 Å². The first-order chi connectivity index (χ1) is 20.0. The third-order valence-electron chi connectivity index (χ3n) is 9.75. The summed E-state index contributed by atoms with van der Waals surface area (Å²) in [7, 11) is 2.89. The molecule has 4 heteroatoms. The molecule has 1 saturated heterocycles. The predicted octanol–water partition coefficient (Wildman–Crippen LogP) is 9.20. The number of hydrogen-bond acceptors (Lipinski definition) is 2. The van der Waals surface area contributed by atoms with Gasteiger partial charge in [-0.3, -0.25) is 0 Å². The van der Waals surface area contributed by atoms with Crippen molar-refractivity contribution in [2.45, 2.75) is 36.0 Å². The minimum atomic E-state index is -2.59. The molecule has 206 valence electrons. The summed E-state index contributed by atoms with van der Waals surface area (Å²) in [4.78, 5) is 0. The Hall–Kier alpha value is -2.95. The van der Waals surface area contributed by atoms with Gasteiger partial charge in [0.25, 0.3) is 0 Å². The number of fused-ring (bicyclic) bond motifs is 6. The Bertz CT molecular complexity index is 1680. The van der Waals surface area contributed by atoms with Gasteiger partial charge in [-0.2, -0.15) is 0 Å². The van der Waals surface area contributed by atoms with Crippen LogP contribution in [0.3, 0.4) is 0 Å². The number of ether oxygens (including phenoxy) is 2. The van der Waals surface area contributed by atoms with Gasteiger partial charge in [-0.25, -0.2) is 0 Å². The molecule has 0 saturated carbocycles. The SMILES string of the molecule is COc1ccc(-c2cccc3c2C=C2[SiH2]C4=Cc5c(-c6ccc(OC)cc6)cccc5[CH]4[Hf]([CH3])([CH3])[CH2]CCC23)cc1. The van der Waals surface area contributed by atoms with Crippen molar-refractivity contribution in [3.05, 3.63) is 118 Å². The fourth-order valence-electron chi connectivity index (χ4n) is 7.78. The molecule has 3 aliphatic rings. The fourth-order valence-corrected chi connectivity index (χ4v) is 28.5. The van der Waals surface area contributed by atoms with Gasteiger partial charge in [-0.15, -0.1) is 0 Å². The van der Waals surface area contributed by atoms with Crippen LogP contribution in [-0.2, 0) is 20.0 Å². The number of methoxy groups -OCH3 is 2. The molecule has 0 bridgehead atoms. The summed E-state index contributed by atoms with van der Waals surface area (Å²) in [5, 5.41) is 3.56. The molecule has 0 N–H and O–H groups in total. The maximum atomic E-state index is 5.45. The molecule has 1 fully saturated rings. The maximum absolute atomic E-state index is 5.45. The van der Waals surface area contributed by atoms with Gasteiger partial charge in [-0.1, -0.05) is 0 Å². The van der Waals surface area contributed by atoms with Gasteiger partial charge in [0.1, 0.15) is 0 Å². The number of allylic oxidation sites excluding steroid dienone is 2. The molecule has 0 aromatic heterocycles. The second kappa shape index (κ2) is 10.7. The average Bonchev–Trinajstić information content (AvgIpc) is 3.56. The zero-order valence-corrected chi connectivity index (χ0v) is 29.5. The molecule has 0 spiro atoms. The molecule has 1 heterocycles. The Balaban J connectivity index is 1.31. The van der Waals surface area contributed by atoms with Crippen LogP contribution < -0.4 is 9.47 Å². The summed E-state index contributed by atoms with van der Waals surface area (Å²) in [6, 6.07) is 31.3. The zero-order valence-electron chi connectivity index (χ0n) is 24.5. The normalized spacial score (nSPS) is 20.9. The number of benzene rings is 4. The monoisotopic (exact) mass is 722 g/mol. The van der Waals surface area contributed by atoms with E-state index in [0.29, 0.717) is 9.59 Å². The Kier molecular flexibility index (Phi) is 7.03. The molecular formula is C37H38HfO2Si. The molecule has 2 aliphatic carbocycles. The zero-order chi connectivity index (χ0) is 28.1. The Labute approximate surface area is 251 Å². The summed E-state index contributed by atoms with van der Waals surface area (Å²) in [6.07, 6.45) is 7.94. The van der Waals surface area contributed by atoms with Gasteiger partial charge in [0.05, 0.1) is 7.11 Å². The number of rotatable bonds is 4. The predicted molar refractivity (Wildman–Crippen MR) is 173 cm³/mol. The Morgan fingerprint density at radius 3 is 1.78 bits per heavy atom. The van der Waals surface area contributed by atoms with E-state index >= 15 is 0 Å². The van der Waals surface area contributed by atoms with Crippen LogP contribution in [-0.4, -0.2) is 23.7 Å². The molecule has 7 rings (SSSR count). The standard InChI is InChI=1S/C35H32O2Si.2CH3.Hf/c1-4-7-32-31-11-6-10-30(24-14-18-27(37-3)19-15-24)34(31)22-35(32)38-28-20-25-8-5-9-29(33(25)21-28)23-12-16-26(36-2)17-13-23;;;/h5-6,8-22,32H,1,4,7,38H2,2-3H3;2*1H3;. The first-order valence-electron chi connectivity index (χ1n) is 14.9. The molecule has 2 unspecified atom stereocenters. The molecule has 4 aromatic carbocycles. The van der Waals surface area contributed by atoms with E-state index in [9.17, 15) is 0 Å². The van der Waals surface area contributed by atoms with E-state index in [2.05, 4.69) is 106 Å². The average molecular weight is 721 g/mol. The van der Waals surface area contributed by atoms with Crippen LogP contribution in [0.5, 0.6) is 11.5 Å². The van der Waals surface area contributed by atoms with Crippen molar-refractivity contribution in [1.29, 1.82) is 0 Å². The van der Waals surface area contributed by atoms with Crippen molar-refractivity contribution in [1.82, 2.24) is 0 Å². The van der Waals surface area contributed by atoms with Crippen LogP contribution in [0.2, 0.25) is 13.5 Å². The van der Waals surface area contributed by atoms with Gasteiger partial charge in [0.2, 0.25) is 0 Å². The minimum absolute atomic E-state index is 0.584. The van der Waals surface area contributed by atoms with Crippen LogP contribution in [0.15, 0.2) is 95.3 Å². The van der Waals surface area contributed by atoms with Crippen LogP contribution >= 0.6 is 0 Å². The quantitative estimate of drug-likeness (QED) is 0.196. The second-order valence-electron chi connectivity index (χ2n) is 12.6. The first-order valence-corrected chi connectivity index (χ1v) is 28.1. The van der Waals surface area contributed by atoms with Crippen molar-refractivity contribution in [2.75, 3.05) is 14.2 Å². The Morgan fingerprint density at radius 2 is 1.20 bits per heavy atom. The topological polar surface area (TPSA) is 18.5 Å². The molecule has 2 atom stereocenters. The van der Waals surface area contributed by atoms with Crippen LogP contribution in [0.25, 0.3) is 34.4 Å². The van der Waals surface area contributed by atoms with Crippen LogP contribution in [0.4, 0.5) is 0 Å². The van der Waals surface area contributed by atoms with E-state index in [-0.39, 0.29) is 0 Å².